The summed E-state index contributed by atoms with van der Waals surface area (Å²) in [6.07, 6.45) is 3.04. The molecule has 2 aromatic rings. The summed E-state index contributed by atoms with van der Waals surface area (Å²) in [5.74, 6) is -1.08. The van der Waals surface area contributed by atoms with Crippen LogP contribution in [0.25, 0.3) is 0 Å². The summed E-state index contributed by atoms with van der Waals surface area (Å²) >= 11 is 0. The number of Topliss-reactive ketones (excluding diaryl/α,β-unsaturated/α-hetero) is 1. The number of hydrogen-bond donors (Lipinski definition) is 3. The maximum absolute atomic E-state index is 13.9. The van der Waals surface area contributed by atoms with Crippen LogP contribution in [0.5, 0.6) is 0 Å². The Balaban J connectivity index is 1.58. The highest BCUT2D eigenvalue weighted by molar-refractivity contribution is 5.79. The first kappa shape index (κ1) is 27.2. The second-order valence-electron chi connectivity index (χ2n) is 11.2. The second-order valence-corrected chi connectivity index (χ2v) is 11.2. The molecule has 2 aliphatic rings. The Labute approximate surface area is 217 Å². The average Bonchev–Trinajstić information content (AvgIpc) is 3.27. The van der Waals surface area contributed by atoms with Gasteiger partial charge in [-0.2, -0.15) is 0 Å². The fraction of sp³-hybridized carbons (Fsp3) is 0.500. The number of rotatable bonds is 8. The normalized spacial score (nSPS) is 19.4. The first-order valence-electron chi connectivity index (χ1n) is 12.8. The molecule has 0 spiro atoms. The first-order chi connectivity index (χ1) is 17.4. The van der Waals surface area contributed by atoms with Crippen molar-refractivity contribution in [3.8, 4) is 0 Å². The van der Waals surface area contributed by atoms with Crippen molar-refractivity contribution < 1.29 is 18.7 Å². The van der Waals surface area contributed by atoms with Crippen molar-refractivity contribution in [2.24, 2.45) is 5.10 Å². The number of aliphatic hydroxyl groups is 1. The van der Waals surface area contributed by atoms with Crippen LogP contribution in [0, 0.1) is 11.6 Å². The Morgan fingerprint density at radius 3 is 2.41 bits per heavy atom. The van der Waals surface area contributed by atoms with Gasteiger partial charge in [-0.3, -0.25) is 9.80 Å². The zero-order chi connectivity index (χ0) is 26.8. The summed E-state index contributed by atoms with van der Waals surface area (Å²) in [6, 6.07) is 11.3. The summed E-state index contributed by atoms with van der Waals surface area (Å²) in [7, 11) is 1.72. The summed E-state index contributed by atoms with van der Waals surface area (Å²) in [6.45, 7) is 6.72. The van der Waals surface area contributed by atoms with Crippen LogP contribution in [0.4, 0.5) is 8.78 Å². The summed E-state index contributed by atoms with van der Waals surface area (Å²) in [4.78, 5) is 12.1. The number of hydrazone groups is 1. The van der Waals surface area contributed by atoms with Gasteiger partial charge in [-0.1, -0.05) is 45.0 Å². The zero-order valence-corrected chi connectivity index (χ0v) is 22.0. The van der Waals surface area contributed by atoms with E-state index in [-0.39, 0.29) is 24.2 Å². The highest BCUT2D eigenvalue weighted by atomic mass is 19.1. The van der Waals surface area contributed by atoms with E-state index in [0.29, 0.717) is 31.2 Å². The predicted molar refractivity (Wildman–Crippen MR) is 139 cm³/mol. The van der Waals surface area contributed by atoms with Gasteiger partial charge in [-0.25, -0.2) is 13.9 Å². The molecule has 37 heavy (non-hydrogen) atoms. The van der Waals surface area contributed by atoms with Crippen LogP contribution in [-0.4, -0.2) is 53.1 Å². The SMILES string of the molecule is CN1N=CN(C(Cc2cc(F)cc(F)c2)C(O)CNC2(c3cccc(C(C)(C)C)c3)CCC(=O)CC2)N1. The number of hydrogen-bond acceptors (Lipinski definition) is 7. The number of carbonyl (C=O) groups excluding carboxylic acids is 1. The number of benzene rings is 2. The second kappa shape index (κ2) is 10.8. The predicted octanol–water partition coefficient (Wildman–Crippen LogP) is 3.77. The lowest BCUT2D eigenvalue weighted by atomic mass is 9.74. The maximum Gasteiger partial charge on any atom is 0.133 e. The molecule has 0 radical (unpaired) electrons. The largest absolute Gasteiger partial charge is 0.390 e. The number of nitrogens with one attached hydrogen (secondary N) is 2. The molecule has 3 N–H and O–H groups in total. The van der Waals surface area contributed by atoms with Crippen molar-refractivity contribution in [1.29, 1.82) is 0 Å². The van der Waals surface area contributed by atoms with Crippen molar-refractivity contribution in [2.75, 3.05) is 13.6 Å². The van der Waals surface area contributed by atoms with Gasteiger partial charge in [0.05, 0.1) is 12.1 Å². The van der Waals surface area contributed by atoms with E-state index in [9.17, 15) is 18.7 Å². The van der Waals surface area contributed by atoms with Gasteiger partial charge < -0.3 is 10.4 Å². The Morgan fingerprint density at radius 2 is 1.81 bits per heavy atom. The first-order valence-corrected chi connectivity index (χ1v) is 12.8. The smallest absolute Gasteiger partial charge is 0.133 e. The van der Waals surface area contributed by atoms with E-state index in [0.717, 1.165) is 11.6 Å². The van der Waals surface area contributed by atoms with Crippen molar-refractivity contribution >= 4 is 12.1 Å². The van der Waals surface area contributed by atoms with Crippen LogP contribution in [0.3, 0.4) is 0 Å². The molecule has 200 valence electrons. The Bertz CT molecular complexity index is 1120. The molecule has 0 amide bonds. The molecule has 0 aromatic heterocycles. The molecule has 2 atom stereocenters. The van der Waals surface area contributed by atoms with Crippen LogP contribution in [0.1, 0.15) is 63.1 Å². The molecule has 2 aromatic carbocycles. The number of nitrogens with zero attached hydrogens (tertiary/aromatic N) is 3. The van der Waals surface area contributed by atoms with Gasteiger partial charge in [-0.05, 0) is 53.5 Å². The third-order valence-electron chi connectivity index (χ3n) is 7.37. The van der Waals surface area contributed by atoms with Crippen molar-refractivity contribution in [3.05, 3.63) is 70.8 Å². The van der Waals surface area contributed by atoms with Gasteiger partial charge in [0, 0.05) is 38.0 Å². The number of aliphatic hydroxyl groups excluding tert-OH is 1. The molecule has 4 rings (SSSR count). The van der Waals surface area contributed by atoms with Crippen molar-refractivity contribution in [3.63, 3.8) is 0 Å². The van der Waals surface area contributed by atoms with Gasteiger partial charge in [0.25, 0.3) is 0 Å². The number of halogens is 2. The minimum atomic E-state index is -0.919. The summed E-state index contributed by atoms with van der Waals surface area (Å²) in [5, 5.41) is 22.3. The Morgan fingerprint density at radius 1 is 1.14 bits per heavy atom. The van der Waals surface area contributed by atoms with Crippen LogP contribution in [0.15, 0.2) is 47.6 Å². The number of carbonyl (C=O) groups is 1. The third-order valence-corrected chi connectivity index (χ3v) is 7.37. The molecular weight excluding hydrogens is 476 g/mol. The topological polar surface area (TPSA) is 80.2 Å². The highest BCUT2D eigenvalue weighted by Gasteiger charge is 2.38. The van der Waals surface area contributed by atoms with Crippen molar-refractivity contribution in [1.82, 2.24) is 21.0 Å². The molecule has 1 saturated carbocycles. The molecule has 1 fully saturated rings. The van der Waals surface area contributed by atoms with Gasteiger partial charge in [-0.15, -0.1) is 10.6 Å². The fourth-order valence-electron chi connectivity index (χ4n) is 5.14. The highest BCUT2D eigenvalue weighted by Crippen LogP contribution is 2.38. The summed E-state index contributed by atoms with van der Waals surface area (Å²) < 4.78 is 27.8. The number of ketones is 1. The van der Waals surface area contributed by atoms with Crippen LogP contribution >= 0.6 is 0 Å². The molecule has 1 heterocycles. The maximum atomic E-state index is 13.9. The quantitative estimate of drug-likeness (QED) is 0.499. The van der Waals surface area contributed by atoms with Gasteiger partial charge in [0.2, 0.25) is 0 Å². The van der Waals surface area contributed by atoms with E-state index in [2.05, 4.69) is 54.9 Å². The van der Waals surface area contributed by atoms with E-state index >= 15 is 0 Å². The molecule has 2 unspecified atom stereocenters. The van der Waals surface area contributed by atoms with E-state index in [1.54, 1.807) is 18.4 Å². The molecular formula is C28H37F2N5O2. The van der Waals surface area contributed by atoms with Gasteiger partial charge in [0.1, 0.15) is 23.8 Å². The molecule has 1 aliphatic carbocycles. The van der Waals surface area contributed by atoms with Crippen molar-refractivity contribution in [2.45, 2.75) is 76.0 Å². The Hall–Kier alpha value is -2.88. The monoisotopic (exact) mass is 513 g/mol. The minimum Gasteiger partial charge on any atom is -0.390 e. The lowest BCUT2D eigenvalue weighted by molar-refractivity contribution is -0.121. The Kier molecular flexibility index (Phi) is 7.96. The van der Waals surface area contributed by atoms with E-state index in [1.165, 1.54) is 22.8 Å². The van der Waals surface area contributed by atoms with Crippen LogP contribution in [-0.2, 0) is 22.2 Å². The average molecular weight is 514 g/mol. The van der Waals surface area contributed by atoms with E-state index in [1.807, 2.05) is 6.07 Å². The molecule has 9 heteroatoms. The standard InChI is InChI=1S/C28H37F2N5O2/c1-27(2,3)20-6-5-7-21(15-20)28(10-8-24(36)9-11-28)31-17-26(37)25(35-18-32-34(4)33-35)14-19-12-22(29)16-23(30)13-19/h5-7,12-13,15-16,18,25-26,31,33,37H,8-11,14,17H2,1-4H3. The summed E-state index contributed by atoms with van der Waals surface area (Å²) in [5.41, 5.74) is 5.26. The molecule has 1 aliphatic heterocycles. The fourth-order valence-corrected chi connectivity index (χ4v) is 5.14. The van der Waals surface area contributed by atoms with E-state index < -0.39 is 29.3 Å². The lowest BCUT2D eigenvalue weighted by Crippen LogP contribution is -2.56. The van der Waals surface area contributed by atoms with Crippen LogP contribution in [0.2, 0.25) is 0 Å². The molecule has 7 nitrogen and oxygen atoms in total. The van der Waals surface area contributed by atoms with E-state index in [4.69, 9.17) is 0 Å². The molecule has 0 saturated heterocycles. The number of hydrazine groups is 2. The lowest BCUT2D eigenvalue weighted by Gasteiger charge is -2.41. The third kappa shape index (κ3) is 6.52. The zero-order valence-electron chi connectivity index (χ0n) is 22.0. The molecule has 0 bridgehead atoms. The minimum absolute atomic E-state index is 0.0285. The van der Waals surface area contributed by atoms with Gasteiger partial charge >= 0.3 is 0 Å². The van der Waals surface area contributed by atoms with Gasteiger partial charge in [0.15, 0.2) is 0 Å². The van der Waals surface area contributed by atoms with Crippen LogP contribution < -0.4 is 10.9 Å².